The number of rotatable bonds is 5. The number of benzene rings is 4. The number of nitrogens with zero attached hydrogens (tertiary/aromatic N) is 1. The van der Waals surface area contributed by atoms with E-state index in [2.05, 4.69) is 10.5 Å². The van der Waals surface area contributed by atoms with Crippen LogP contribution in [0.1, 0.15) is 26.3 Å². The van der Waals surface area contributed by atoms with Gasteiger partial charge >= 0.3 is 5.97 Å². The van der Waals surface area contributed by atoms with Crippen LogP contribution in [0.25, 0.3) is 10.8 Å². The first-order valence-corrected chi connectivity index (χ1v) is 9.87. The smallest absolute Gasteiger partial charge is 0.343 e. The molecule has 0 aromatic heterocycles. The lowest BCUT2D eigenvalue weighted by Gasteiger charge is -2.05. The van der Waals surface area contributed by atoms with Crippen molar-refractivity contribution in [2.24, 2.45) is 5.10 Å². The molecule has 4 aromatic carbocycles. The number of hydrogen-bond donors (Lipinski definition) is 1. The fraction of sp³-hybridized carbons (Fsp3) is 0. The average molecular weight is 429 g/mol. The number of hydrazone groups is 1. The molecule has 0 aliphatic heterocycles. The van der Waals surface area contributed by atoms with Crippen molar-refractivity contribution in [1.82, 2.24) is 5.43 Å². The molecule has 1 amide bonds. The molecule has 0 radical (unpaired) electrons. The maximum atomic E-state index is 12.5. The molecule has 1 N–H and O–H groups in total. The highest BCUT2D eigenvalue weighted by Crippen LogP contribution is 2.18. The van der Waals surface area contributed by atoms with Gasteiger partial charge in [-0.05, 0) is 70.9 Å². The topological polar surface area (TPSA) is 67.8 Å². The average Bonchev–Trinajstić information content (AvgIpc) is 2.80. The Bertz CT molecular complexity index is 1260. The second-order valence-corrected chi connectivity index (χ2v) is 7.13. The lowest BCUT2D eigenvalue weighted by atomic mass is 10.0. The van der Waals surface area contributed by atoms with Gasteiger partial charge in [0.1, 0.15) is 5.75 Å². The summed E-state index contributed by atoms with van der Waals surface area (Å²) in [6.07, 6.45) is 1.52. The molecule has 0 unspecified atom stereocenters. The van der Waals surface area contributed by atoms with Crippen LogP contribution in [0.4, 0.5) is 0 Å². The second-order valence-electron chi connectivity index (χ2n) is 6.69. The zero-order valence-electron chi connectivity index (χ0n) is 16.3. The molecular weight excluding hydrogens is 412 g/mol. The Hall–Kier alpha value is -3.96. The van der Waals surface area contributed by atoms with E-state index in [1.54, 1.807) is 54.6 Å². The SMILES string of the molecule is O=C(Oc1ccc(/C=N\NC(=O)c2cccc3ccccc23)cc1)c1ccc(Cl)cc1. The van der Waals surface area contributed by atoms with Gasteiger partial charge in [-0.2, -0.15) is 5.10 Å². The Balaban J connectivity index is 1.38. The largest absolute Gasteiger partial charge is 0.423 e. The van der Waals surface area contributed by atoms with Gasteiger partial charge in [-0.15, -0.1) is 0 Å². The first-order chi connectivity index (χ1) is 15.1. The van der Waals surface area contributed by atoms with E-state index in [1.165, 1.54) is 6.21 Å². The molecule has 6 heteroatoms. The molecule has 152 valence electrons. The molecule has 0 bridgehead atoms. The minimum Gasteiger partial charge on any atom is -0.423 e. The molecule has 0 saturated heterocycles. The van der Waals surface area contributed by atoms with Crippen LogP contribution in [-0.2, 0) is 0 Å². The number of hydrogen-bond acceptors (Lipinski definition) is 4. The van der Waals surface area contributed by atoms with Gasteiger partial charge in [0.25, 0.3) is 5.91 Å². The number of carbonyl (C=O) groups excluding carboxylic acids is 2. The van der Waals surface area contributed by atoms with Crippen molar-refractivity contribution in [1.29, 1.82) is 0 Å². The van der Waals surface area contributed by atoms with Crippen molar-refractivity contribution in [2.75, 3.05) is 0 Å². The van der Waals surface area contributed by atoms with E-state index in [9.17, 15) is 9.59 Å². The first kappa shape index (κ1) is 20.3. The highest BCUT2D eigenvalue weighted by molar-refractivity contribution is 6.30. The summed E-state index contributed by atoms with van der Waals surface area (Å²) in [6, 6.07) is 26.5. The van der Waals surface area contributed by atoms with Crippen molar-refractivity contribution in [2.45, 2.75) is 0 Å². The number of nitrogens with one attached hydrogen (secondary N) is 1. The van der Waals surface area contributed by atoms with Gasteiger partial charge in [-0.1, -0.05) is 48.0 Å². The van der Waals surface area contributed by atoms with Crippen molar-refractivity contribution < 1.29 is 14.3 Å². The Morgan fingerprint density at radius 2 is 1.55 bits per heavy atom. The van der Waals surface area contributed by atoms with Gasteiger partial charge in [0.2, 0.25) is 0 Å². The molecule has 0 atom stereocenters. The normalized spacial score (nSPS) is 10.9. The summed E-state index contributed by atoms with van der Waals surface area (Å²) < 4.78 is 5.34. The molecule has 4 rings (SSSR count). The number of amides is 1. The zero-order valence-corrected chi connectivity index (χ0v) is 17.0. The third kappa shape index (κ3) is 4.97. The van der Waals surface area contributed by atoms with Gasteiger partial charge in [0, 0.05) is 10.6 Å². The highest BCUT2D eigenvalue weighted by atomic mass is 35.5. The fourth-order valence-corrected chi connectivity index (χ4v) is 3.15. The third-order valence-electron chi connectivity index (χ3n) is 4.58. The van der Waals surface area contributed by atoms with Crippen LogP contribution < -0.4 is 10.2 Å². The summed E-state index contributed by atoms with van der Waals surface area (Å²) >= 11 is 5.82. The lowest BCUT2D eigenvalue weighted by molar-refractivity contribution is 0.0734. The van der Waals surface area contributed by atoms with Crippen LogP contribution in [0.5, 0.6) is 5.75 Å². The van der Waals surface area contributed by atoms with Gasteiger partial charge in [-0.25, -0.2) is 10.2 Å². The molecule has 0 fully saturated rings. The summed E-state index contributed by atoms with van der Waals surface area (Å²) in [4.78, 5) is 24.6. The summed E-state index contributed by atoms with van der Waals surface area (Å²) in [6.45, 7) is 0. The highest BCUT2D eigenvalue weighted by Gasteiger charge is 2.09. The number of carbonyl (C=O) groups is 2. The second kappa shape index (κ2) is 9.24. The van der Waals surface area contributed by atoms with Crippen LogP contribution in [0, 0.1) is 0 Å². The monoisotopic (exact) mass is 428 g/mol. The molecule has 5 nitrogen and oxygen atoms in total. The van der Waals surface area contributed by atoms with Crippen molar-refractivity contribution in [3.63, 3.8) is 0 Å². The molecule has 0 aliphatic rings. The van der Waals surface area contributed by atoms with E-state index in [-0.39, 0.29) is 5.91 Å². The van der Waals surface area contributed by atoms with Crippen LogP contribution in [0.2, 0.25) is 5.02 Å². The maximum Gasteiger partial charge on any atom is 0.343 e. The number of fused-ring (bicyclic) bond motifs is 1. The van der Waals surface area contributed by atoms with E-state index in [0.717, 1.165) is 16.3 Å². The summed E-state index contributed by atoms with van der Waals surface area (Å²) in [5, 5.41) is 6.43. The van der Waals surface area contributed by atoms with Gasteiger partial charge in [0.05, 0.1) is 11.8 Å². The predicted octanol–water partition coefficient (Wildman–Crippen LogP) is 5.48. The third-order valence-corrected chi connectivity index (χ3v) is 4.84. The lowest BCUT2D eigenvalue weighted by Crippen LogP contribution is -2.17. The quantitative estimate of drug-likeness (QED) is 0.198. The number of ether oxygens (including phenoxy) is 1. The summed E-state index contributed by atoms with van der Waals surface area (Å²) in [7, 11) is 0. The molecule has 31 heavy (non-hydrogen) atoms. The zero-order chi connectivity index (χ0) is 21.6. The molecule has 0 spiro atoms. The van der Waals surface area contributed by atoms with E-state index in [1.807, 2.05) is 36.4 Å². The standard InChI is InChI=1S/C25H17ClN2O3/c26-20-12-10-19(11-13-20)25(30)31-21-14-8-17(9-15-21)16-27-28-24(29)23-7-3-5-18-4-1-2-6-22(18)23/h1-16H,(H,28,29)/b27-16-. The van der Waals surface area contributed by atoms with E-state index in [0.29, 0.717) is 21.9 Å². The van der Waals surface area contributed by atoms with Gasteiger partial charge in [0.15, 0.2) is 0 Å². The molecule has 0 heterocycles. The molecule has 4 aromatic rings. The van der Waals surface area contributed by atoms with Crippen molar-refractivity contribution >= 4 is 40.5 Å². The Morgan fingerprint density at radius 1 is 0.839 bits per heavy atom. The summed E-state index contributed by atoms with van der Waals surface area (Å²) in [5.74, 6) is -0.362. The van der Waals surface area contributed by atoms with Gasteiger partial charge in [-0.3, -0.25) is 4.79 Å². The van der Waals surface area contributed by atoms with E-state index >= 15 is 0 Å². The van der Waals surface area contributed by atoms with Crippen LogP contribution in [0.3, 0.4) is 0 Å². The van der Waals surface area contributed by atoms with Crippen LogP contribution in [0.15, 0.2) is 96.1 Å². The fourth-order valence-electron chi connectivity index (χ4n) is 3.02. The number of halogens is 1. The van der Waals surface area contributed by atoms with Gasteiger partial charge < -0.3 is 4.74 Å². The van der Waals surface area contributed by atoms with Crippen LogP contribution in [-0.4, -0.2) is 18.1 Å². The Kier molecular flexibility index (Phi) is 6.05. The molecule has 0 aliphatic carbocycles. The Labute approximate surface area is 183 Å². The molecular formula is C25H17ClN2O3. The Morgan fingerprint density at radius 3 is 2.32 bits per heavy atom. The van der Waals surface area contributed by atoms with Crippen molar-refractivity contribution in [3.05, 3.63) is 113 Å². The molecule has 0 saturated carbocycles. The maximum absolute atomic E-state index is 12.5. The van der Waals surface area contributed by atoms with Crippen LogP contribution >= 0.6 is 11.6 Å². The predicted molar refractivity (Wildman–Crippen MR) is 122 cm³/mol. The minimum absolute atomic E-state index is 0.290. The first-order valence-electron chi connectivity index (χ1n) is 9.49. The summed E-state index contributed by atoms with van der Waals surface area (Å²) in [5.41, 5.74) is 4.25. The van der Waals surface area contributed by atoms with E-state index in [4.69, 9.17) is 16.3 Å². The number of esters is 1. The minimum atomic E-state index is -0.472. The van der Waals surface area contributed by atoms with E-state index < -0.39 is 5.97 Å². The van der Waals surface area contributed by atoms with Crippen molar-refractivity contribution in [3.8, 4) is 5.75 Å².